The van der Waals surface area contributed by atoms with Gasteiger partial charge in [0.1, 0.15) is 11.8 Å². The van der Waals surface area contributed by atoms with E-state index in [2.05, 4.69) is 48.3 Å². The molecule has 0 unspecified atom stereocenters. The number of carbonyl (C=O) groups is 2. The van der Waals surface area contributed by atoms with Gasteiger partial charge in [-0.2, -0.15) is 0 Å². The number of nitrogens with zero attached hydrogens (tertiary/aromatic N) is 2. The normalized spacial score (nSPS) is 12.9. The number of aliphatic hydroxyl groups excluding tert-OH is 1. The van der Waals surface area contributed by atoms with Gasteiger partial charge >= 0.3 is 0 Å². The fourth-order valence-corrected chi connectivity index (χ4v) is 5.28. The maximum Gasteiger partial charge on any atom is 0.262 e. The molecule has 0 aliphatic carbocycles. The van der Waals surface area contributed by atoms with Gasteiger partial charge in [-0.15, -0.1) is 11.3 Å². The molecule has 2 aromatic heterocycles. The maximum absolute atomic E-state index is 13.1. The van der Waals surface area contributed by atoms with E-state index in [4.69, 9.17) is 4.74 Å². The minimum absolute atomic E-state index is 0.104. The Labute approximate surface area is 262 Å². The van der Waals surface area contributed by atoms with Crippen molar-refractivity contribution in [3.8, 4) is 28.3 Å². The van der Waals surface area contributed by atoms with E-state index in [-0.39, 0.29) is 17.7 Å². The Bertz CT molecular complexity index is 1530. The van der Waals surface area contributed by atoms with E-state index in [0.717, 1.165) is 39.3 Å². The highest BCUT2D eigenvalue weighted by Gasteiger charge is 2.26. The third-order valence-corrected chi connectivity index (χ3v) is 8.48. The van der Waals surface area contributed by atoms with E-state index in [1.165, 1.54) is 18.3 Å². The minimum Gasteiger partial charge on any atom is -0.494 e. The number of ether oxygens (including phenoxy) is 1. The van der Waals surface area contributed by atoms with Crippen molar-refractivity contribution in [2.24, 2.45) is 0 Å². The zero-order chi connectivity index (χ0) is 31.9. The van der Waals surface area contributed by atoms with Gasteiger partial charge in [-0.3, -0.25) is 9.59 Å². The molecule has 0 fully saturated rings. The number of thiophene rings is 1. The average molecular weight is 617 g/mol. The van der Waals surface area contributed by atoms with Gasteiger partial charge in [0.15, 0.2) is 12.1 Å². The monoisotopic (exact) mass is 616 g/mol. The second kappa shape index (κ2) is 14.6. The lowest BCUT2D eigenvalue weighted by molar-refractivity contribution is -0.128. The van der Waals surface area contributed by atoms with Gasteiger partial charge in [0, 0.05) is 34.8 Å². The number of benzene rings is 2. The summed E-state index contributed by atoms with van der Waals surface area (Å²) in [4.78, 5) is 36.9. The first kappa shape index (κ1) is 32.8. The van der Waals surface area contributed by atoms with Crippen molar-refractivity contribution in [2.45, 2.75) is 71.2 Å². The fourth-order valence-electron chi connectivity index (χ4n) is 4.32. The molecule has 4 aromatic rings. The lowest BCUT2D eigenvalue weighted by Crippen LogP contribution is -2.52. The molecule has 2 aromatic carbocycles. The van der Waals surface area contributed by atoms with Crippen LogP contribution in [0.4, 0.5) is 0 Å². The molecule has 2 amide bonds. The zero-order valence-electron chi connectivity index (χ0n) is 25.7. The van der Waals surface area contributed by atoms with Crippen LogP contribution in [0.15, 0.2) is 73.1 Å². The third-order valence-electron chi connectivity index (χ3n) is 6.97. The van der Waals surface area contributed by atoms with Crippen molar-refractivity contribution in [1.82, 2.24) is 20.6 Å². The Kier molecular flexibility index (Phi) is 10.9. The smallest absolute Gasteiger partial charge is 0.262 e. The average Bonchev–Trinajstić information content (AvgIpc) is 3.52. The summed E-state index contributed by atoms with van der Waals surface area (Å²) in [7, 11) is 0. The van der Waals surface area contributed by atoms with Crippen LogP contribution < -0.4 is 15.4 Å². The molecule has 0 spiro atoms. The van der Waals surface area contributed by atoms with Gasteiger partial charge in [0.2, 0.25) is 5.91 Å². The van der Waals surface area contributed by atoms with Crippen molar-refractivity contribution in [2.75, 3.05) is 6.61 Å². The Balaban J connectivity index is 1.46. The van der Waals surface area contributed by atoms with Crippen LogP contribution >= 0.6 is 11.3 Å². The first-order chi connectivity index (χ1) is 20.9. The Hall–Kier alpha value is -4.12. The summed E-state index contributed by atoms with van der Waals surface area (Å²) in [6, 6.07) is 17.1. The van der Waals surface area contributed by atoms with Crippen LogP contribution in [-0.4, -0.2) is 57.0 Å². The molecule has 232 valence electrons. The molecule has 10 heteroatoms. The van der Waals surface area contributed by atoms with E-state index in [9.17, 15) is 19.8 Å². The van der Waals surface area contributed by atoms with Crippen molar-refractivity contribution >= 4 is 23.2 Å². The summed E-state index contributed by atoms with van der Waals surface area (Å²) in [5.74, 6) is 0.508. The minimum atomic E-state index is -1.73. The summed E-state index contributed by atoms with van der Waals surface area (Å²) in [6.45, 7) is 10.4. The second-order valence-corrected chi connectivity index (χ2v) is 12.8. The van der Waals surface area contributed by atoms with Crippen molar-refractivity contribution in [1.29, 1.82) is 0 Å². The van der Waals surface area contributed by atoms with E-state index < -0.39 is 24.3 Å². The number of nitrogens with one attached hydrogen (secondary N) is 2. The SMILES string of the molecule is CCCOc1ccc(-c2cnc(-c3ccc(C[C@H](NC(=O)c4ccc(C(C)(C)C)s4)C(=O)N[C@H](C)C(O)O)cc3)nc2)cc1. The number of rotatable bonds is 12. The molecule has 4 rings (SSSR count). The van der Waals surface area contributed by atoms with Gasteiger partial charge in [0.05, 0.1) is 17.5 Å². The number of aliphatic hydroxyl groups is 2. The molecule has 44 heavy (non-hydrogen) atoms. The van der Waals surface area contributed by atoms with E-state index >= 15 is 0 Å². The fraction of sp³-hybridized carbons (Fsp3) is 0.353. The molecule has 0 aliphatic rings. The molecule has 2 atom stereocenters. The lowest BCUT2D eigenvalue weighted by Gasteiger charge is -2.22. The lowest BCUT2D eigenvalue weighted by atomic mass is 9.95. The quantitative estimate of drug-likeness (QED) is 0.163. The highest BCUT2D eigenvalue weighted by atomic mass is 32.1. The molecule has 0 saturated carbocycles. The van der Waals surface area contributed by atoms with Crippen LogP contribution in [0.5, 0.6) is 5.75 Å². The first-order valence-electron chi connectivity index (χ1n) is 14.7. The third kappa shape index (κ3) is 8.72. The van der Waals surface area contributed by atoms with Gasteiger partial charge in [-0.1, -0.05) is 64.1 Å². The molecule has 4 N–H and O–H groups in total. The predicted octanol–water partition coefficient (Wildman–Crippen LogP) is 5.11. The Morgan fingerprint density at radius 2 is 1.52 bits per heavy atom. The predicted molar refractivity (Wildman–Crippen MR) is 172 cm³/mol. The van der Waals surface area contributed by atoms with E-state index in [1.54, 1.807) is 18.5 Å². The number of carbonyl (C=O) groups excluding carboxylic acids is 2. The van der Waals surface area contributed by atoms with E-state index in [1.807, 2.05) is 54.6 Å². The van der Waals surface area contributed by atoms with Gasteiger partial charge < -0.3 is 25.6 Å². The van der Waals surface area contributed by atoms with Crippen molar-refractivity contribution in [3.05, 3.63) is 88.4 Å². The largest absolute Gasteiger partial charge is 0.494 e. The summed E-state index contributed by atoms with van der Waals surface area (Å²) in [5.41, 5.74) is 3.38. The topological polar surface area (TPSA) is 134 Å². The van der Waals surface area contributed by atoms with Crippen molar-refractivity contribution < 1.29 is 24.5 Å². The van der Waals surface area contributed by atoms with Crippen LogP contribution in [0.2, 0.25) is 0 Å². The Morgan fingerprint density at radius 3 is 2.09 bits per heavy atom. The highest BCUT2D eigenvalue weighted by molar-refractivity contribution is 7.14. The molecule has 0 saturated heterocycles. The molecule has 0 bridgehead atoms. The summed E-state index contributed by atoms with van der Waals surface area (Å²) in [6.07, 6.45) is 2.97. The van der Waals surface area contributed by atoms with Gasteiger partial charge in [-0.05, 0) is 54.2 Å². The first-order valence-corrected chi connectivity index (χ1v) is 15.5. The number of amides is 2. The highest BCUT2D eigenvalue weighted by Crippen LogP contribution is 2.29. The van der Waals surface area contributed by atoms with Gasteiger partial charge in [0.25, 0.3) is 5.91 Å². The molecule has 0 radical (unpaired) electrons. The van der Waals surface area contributed by atoms with Crippen LogP contribution in [0.3, 0.4) is 0 Å². The van der Waals surface area contributed by atoms with Crippen LogP contribution in [0, 0.1) is 0 Å². The van der Waals surface area contributed by atoms with Crippen LogP contribution in [0.1, 0.15) is 61.2 Å². The second-order valence-electron chi connectivity index (χ2n) is 11.7. The summed E-state index contributed by atoms with van der Waals surface area (Å²) in [5, 5.41) is 24.4. The zero-order valence-corrected chi connectivity index (χ0v) is 26.5. The van der Waals surface area contributed by atoms with Gasteiger partial charge in [-0.25, -0.2) is 9.97 Å². The molecule has 9 nitrogen and oxygen atoms in total. The van der Waals surface area contributed by atoms with Crippen molar-refractivity contribution in [3.63, 3.8) is 0 Å². The maximum atomic E-state index is 13.1. The number of aromatic nitrogens is 2. The Morgan fingerprint density at radius 1 is 0.886 bits per heavy atom. The van der Waals surface area contributed by atoms with Crippen LogP contribution in [0.25, 0.3) is 22.5 Å². The molecule has 0 aliphatic heterocycles. The van der Waals surface area contributed by atoms with E-state index in [0.29, 0.717) is 17.3 Å². The molecule has 2 heterocycles. The molecular weight excluding hydrogens is 576 g/mol. The number of hydrogen-bond acceptors (Lipinski definition) is 8. The summed E-state index contributed by atoms with van der Waals surface area (Å²) >= 11 is 1.39. The standard InChI is InChI=1S/C34H40N4O5S/c1-6-17-43-26-13-11-23(12-14-26)25-19-35-30(36-20-25)24-9-7-22(8-10-24)18-27(31(39)37-21(2)33(41)42)38-32(40)28-15-16-29(44-28)34(3,4)5/h7-16,19-21,27,33,41-42H,6,17-18H2,1-5H3,(H,37,39)(H,38,40)/t21-,27+/m1/s1. The molecular formula is C34H40N4O5S. The number of hydrogen-bond donors (Lipinski definition) is 4. The summed E-state index contributed by atoms with van der Waals surface area (Å²) < 4.78 is 5.65. The van der Waals surface area contributed by atoms with Crippen LogP contribution in [-0.2, 0) is 16.6 Å².